The van der Waals surface area contributed by atoms with Crippen LogP contribution in [-0.4, -0.2) is 25.9 Å². The maximum absolute atomic E-state index is 14.2. The molecule has 154 valence electrons. The van der Waals surface area contributed by atoms with Gasteiger partial charge in [-0.2, -0.15) is 18.7 Å². The van der Waals surface area contributed by atoms with Crippen LogP contribution in [0.1, 0.15) is 12.0 Å². The second-order valence-electron chi connectivity index (χ2n) is 6.96. The number of anilines is 2. The highest BCUT2D eigenvalue weighted by molar-refractivity contribution is 9.10. The van der Waals surface area contributed by atoms with Gasteiger partial charge in [-0.15, -0.1) is 5.11 Å². The Labute approximate surface area is 183 Å². The van der Waals surface area contributed by atoms with Crippen molar-refractivity contribution in [1.29, 1.82) is 0 Å². The highest BCUT2D eigenvalue weighted by Gasteiger charge is 2.59. The van der Waals surface area contributed by atoms with Crippen LogP contribution in [0.2, 0.25) is 10.0 Å². The SMILES string of the molecule is FC(F)(F)C1(c2cc(Cl)cc(Cl)c2)CCN(c2ccc(N3CN=NN3)c(Br)c2)C1. The predicted molar refractivity (Wildman–Crippen MR) is 111 cm³/mol. The molecule has 2 aliphatic heterocycles. The van der Waals surface area contributed by atoms with E-state index < -0.39 is 11.6 Å². The third kappa shape index (κ3) is 3.75. The minimum Gasteiger partial charge on any atom is -0.370 e. The van der Waals surface area contributed by atoms with Crippen LogP contribution < -0.4 is 15.4 Å². The van der Waals surface area contributed by atoms with Crippen LogP contribution in [0, 0.1) is 0 Å². The number of halogens is 6. The Bertz CT molecular complexity index is 943. The summed E-state index contributed by atoms with van der Waals surface area (Å²) >= 11 is 15.5. The van der Waals surface area contributed by atoms with Gasteiger partial charge in [0.25, 0.3) is 0 Å². The summed E-state index contributed by atoms with van der Waals surface area (Å²) in [4.78, 5) is 1.73. The highest BCUT2D eigenvalue weighted by Crippen LogP contribution is 2.49. The number of alkyl halides is 3. The molecule has 2 aromatic carbocycles. The number of nitrogens with one attached hydrogen (secondary N) is 1. The van der Waals surface area contributed by atoms with E-state index in [2.05, 4.69) is 31.8 Å². The van der Waals surface area contributed by atoms with E-state index in [1.54, 1.807) is 22.0 Å². The Morgan fingerprint density at radius 2 is 1.83 bits per heavy atom. The molecule has 5 nitrogen and oxygen atoms in total. The smallest absolute Gasteiger partial charge is 0.370 e. The summed E-state index contributed by atoms with van der Waals surface area (Å²) in [6.45, 7) is 0.391. The molecule has 0 saturated carbocycles. The third-order valence-electron chi connectivity index (χ3n) is 5.26. The van der Waals surface area contributed by atoms with Crippen LogP contribution in [0.25, 0.3) is 0 Å². The molecule has 0 bridgehead atoms. The lowest BCUT2D eigenvalue weighted by atomic mass is 9.79. The van der Waals surface area contributed by atoms with Gasteiger partial charge in [0.05, 0.1) is 5.69 Å². The first-order valence-electron chi connectivity index (χ1n) is 8.67. The summed E-state index contributed by atoms with van der Waals surface area (Å²) in [6, 6.07) is 9.55. The van der Waals surface area contributed by atoms with E-state index in [9.17, 15) is 13.2 Å². The fourth-order valence-corrected chi connectivity index (χ4v) is 4.85. The van der Waals surface area contributed by atoms with Gasteiger partial charge in [-0.1, -0.05) is 28.4 Å². The molecule has 29 heavy (non-hydrogen) atoms. The molecule has 0 aliphatic carbocycles. The molecule has 2 aromatic rings. The van der Waals surface area contributed by atoms with Gasteiger partial charge in [-0.05, 0) is 64.3 Å². The molecule has 0 amide bonds. The van der Waals surface area contributed by atoms with Gasteiger partial charge in [0, 0.05) is 33.3 Å². The number of hydrazine groups is 1. The van der Waals surface area contributed by atoms with Gasteiger partial charge in [-0.25, -0.2) is 5.01 Å². The van der Waals surface area contributed by atoms with Crippen molar-refractivity contribution in [2.24, 2.45) is 10.3 Å². The zero-order valence-corrected chi connectivity index (χ0v) is 17.9. The average molecular weight is 509 g/mol. The van der Waals surface area contributed by atoms with Crippen LogP contribution in [0.15, 0.2) is 51.2 Å². The van der Waals surface area contributed by atoms with Crippen molar-refractivity contribution >= 4 is 50.5 Å². The molecule has 4 rings (SSSR count). The fourth-order valence-electron chi connectivity index (χ4n) is 3.74. The third-order valence-corrected chi connectivity index (χ3v) is 6.33. The molecule has 0 radical (unpaired) electrons. The Hall–Kier alpha value is -1.71. The lowest BCUT2D eigenvalue weighted by Crippen LogP contribution is -2.44. The van der Waals surface area contributed by atoms with Gasteiger partial charge in [0.2, 0.25) is 0 Å². The van der Waals surface area contributed by atoms with Crippen molar-refractivity contribution in [2.75, 3.05) is 29.7 Å². The number of hydrogen-bond donors (Lipinski definition) is 1. The van der Waals surface area contributed by atoms with Gasteiger partial charge < -0.3 is 4.90 Å². The number of benzene rings is 2. The quantitative estimate of drug-likeness (QED) is 0.543. The summed E-state index contributed by atoms with van der Waals surface area (Å²) < 4.78 is 43.5. The van der Waals surface area contributed by atoms with Crippen molar-refractivity contribution in [3.8, 4) is 0 Å². The van der Waals surface area contributed by atoms with Crippen LogP contribution in [-0.2, 0) is 5.41 Å². The standard InChI is InChI=1S/C18H15BrCl2F3N5/c19-15-8-14(1-2-16(15)29-10-25-26-27-29)28-4-3-17(9-28,18(22,23)24)11-5-12(20)7-13(21)6-11/h1-2,5-8H,3-4,9-10H2,(H,25,27). The summed E-state index contributed by atoms with van der Waals surface area (Å²) in [5.41, 5.74) is 2.27. The second-order valence-corrected chi connectivity index (χ2v) is 8.68. The first-order valence-corrected chi connectivity index (χ1v) is 10.2. The van der Waals surface area contributed by atoms with Crippen molar-refractivity contribution in [1.82, 2.24) is 5.53 Å². The first kappa shape index (κ1) is 20.6. The normalized spacial score (nSPS) is 21.7. The van der Waals surface area contributed by atoms with Gasteiger partial charge in [0.15, 0.2) is 6.67 Å². The van der Waals surface area contributed by atoms with Crippen molar-refractivity contribution in [2.45, 2.75) is 18.0 Å². The molecule has 1 N–H and O–H groups in total. The van der Waals surface area contributed by atoms with E-state index in [1.807, 2.05) is 6.07 Å². The molecule has 0 spiro atoms. The molecular formula is C18H15BrCl2F3N5. The molecule has 1 unspecified atom stereocenters. The minimum atomic E-state index is -4.45. The summed E-state index contributed by atoms with van der Waals surface area (Å²) in [5.74, 6) is 0. The number of nitrogens with zero attached hydrogens (tertiary/aromatic N) is 4. The molecular weight excluding hydrogens is 494 g/mol. The van der Waals surface area contributed by atoms with Crippen LogP contribution in [0.5, 0.6) is 0 Å². The van der Waals surface area contributed by atoms with Crippen molar-refractivity contribution < 1.29 is 13.2 Å². The predicted octanol–water partition coefficient (Wildman–Crippen LogP) is 6.12. The molecule has 11 heteroatoms. The molecule has 1 saturated heterocycles. The molecule has 1 fully saturated rings. The van der Waals surface area contributed by atoms with Gasteiger partial charge in [-0.3, -0.25) is 0 Å². The van der Waals surface area contributed by atoms with E-state index in [0.717, 1.165) is 10.2 Å². The summed E-state index contributed by atoms with van der Waals surface area (Å²) in [5, 5.41) is 9.63. The molecule has 1 atom stereocenters. The largest absolute Gasteiger partial charge is 0.400 e. The molecule has 0 aromatic heterocycles. The second kappa shape index (κ2) is 7.52. The zero-order valence-electron chi connectivity index (χ0n) is 14.8. The van der Waals surface area contributed by atoms with Crippen molar-refractivity contribution in [3.63, 3.8) is 0 Å². The number of rotatable bonds is 3. The molecule has 2 heterocycles. The minimum absolute atomic E-state index is 0.0853. The zero-order chi connectivity index (χ0) is 20.8. The molecule has 2 aliphatic rings. The fraction of sp³-hybridized carbons (Fsp3) is 0.333. The summed E-state index contributed by atoms with van der Waals surface area (Å²) in [7, 11) is 0. The summed E-state index contributed by atoms with van der Waals surface area (Å²) in [6.07, 6.45) is -4.53. The highest BCUT2D eigenvalue weighted by atomic mass is 79.9. The lowest BCUT2D eigenvalue weighted by molar-refractivity contribution is -0.184. The van der Waals surface area contributed by atoms with Crippen LogP contribution >= 0.6 is 39.1 Å². The Balaban J connectivity index is 1.65. The van der Waals surface area contributed by atoms with Crippen LogP contribution in [0.3, 0.4) is 0 Å². The lowest BCUT2D eigenvalue weighted by Gasteiger charge is -2.33. The first-order chi connectivity index (χ1) is 13.7. The topological polar surface area (TPSA) is 43.2 Å². The number of hydrogen-bond acceptors (Lipinski definition) is 5. The van der Waals surface area contributed by atoms with Gasteiger partial charge in [0.1, 0.15) is 5.41 Å². The van der Waals surface area contributed by atoms with E-state index in [1.165, 1.54) is 18.2 Å². The maximum Gasteiger partial charge on any atom is 0.400 e. The Morgan fingerprint density at radius 1 is 1.10 bits per heavy atom. The Kier molecular flexibility index (Phi) is 5.33. The van der Waals surface area contributed by atoms with E-state index in [4.69, 9.17) is 23.2 Å². The van der Waals surface area contributed by atoms with Crippen LogP contribution in [0.4, 0.5) is 24.5 Å². The monoisotopic (exact) mass is 507 g/mol. The Morgan fingerprint density at radius 3 is 2.41 bits per heavy atom. The van der Waals surface area contributed by atoms with Crippen molar-refractivity contribution in [3.05, 3.63) is 56.5 Å². The average Bonchev–Trinajstić information content (AvgIpc) is 3.31. The van der Waals surface area contributed by atoms with E-state index >= 15 is 0 Å². The van der Waals surface area contributed by atoms with Gasteiger partial charge >= 0.3 is 6.18 Å². The maximum atomic E-state index is 14.2. The van der Waals surface area contributed by atoms with E-state index in [0.29, 0.717) is 12.4 Å². The van der Waals surface area contributed by atoms with E-state index in [-0.39, 0.29) is 35.1 Å².